The first kappa shape index (κ1) is 25.5. The van der Waals surface area contributed by atoms with Gasteiger partial charge in [0.2, 0.25) is 8.32 Å². The van der Waals surface area contributed by atoms with Crippen LogP contribution in [-0.4, -0.2) is 19.9 Å². The number of hydrogen-bond donors (Lipinski definition) is 0. The van der Waals surface area contributed by atoms with Crippen LogP contribution in [0.1, 0.15) is 97.6 Å². The topological polar surface area (TPSA) is 35.5 Å². The molecule has 0 unspecified atom stereocenters. The van der Waals surface area contributed by atoms with E-state index in [0.29, 0.717) is 17.8 Å². The van der Waals surface area contributed by atoms with Crippen LogP contribution in [-0.2, 0) is 16.0 Å². The van der Waals surface area contributed by atoms with Gasteiger partial charge >= 0.3 is 5.97 Å². The van der Waals surface area contributed by atoms with Crippen molar-refractivity contribution < 1.29 is 14.0 Å². The van der Waals surface area contributed by atoms with Crippen LogP contribution in [0.3, 0.4) is 0 Å². The second-order valence-corrected chi connectivity index (χ2v) is 18.6. The van der Waals surface area contributed by atoms with Crippen LogP contribution >= 0.6 is 0 Å². The fraction of sp³-hybridized carbons (Fsp3) is 0.700. The summed E-state index contributed by atoms with van der Waals surface area (Å²) in [6, 6.07) is 6.96. The first-order valence-electron chi connectivity index (χ1n) is 13.4. The molecule has 4 heteroatoms. The lowest BCUT2D eigenvalue weighted by Gasteiger charge is -2.49. The van der Waals surface area contributed by atoms with Crippen LogP contribution in [0.15, 0.2) is 29.8 Å². The average molecular weight is 483 g/mol. The summed E-state index contributed by atoms with van der Waals surface area (Å²) >= 11 is 0. The van der Waals surface area contributed by atoms with Crippen molar-refractivity contribution in [3.63, 3.8) is 0 Å². The normalized spacial score (nSPS) is 30.4. The van der Waals surface area contributed by atoms with E-state index in [-0.39, 0.29) is 16.4 Å². The number of ether oxygens (including phenoxy) is 1. The van der Waals surface area contributed by atoms with E-state index in [1.807, 2.05) is 26.8 Å². The molecule has 3 aliphatic carbocycles. The van der Waals surface area contributed by atoms with Gasteiger partial charge in [-0.25, -0.2) is 4.79 Å². The predicted octanol–water partition coefficient (Wildman–Crippen LogP) is 8.19. The maximum absolute atomic E-state index is 12.6. The van der Waals surface area contributed by atoms with Crippen LogP contribution < -0.4 is 4.43 Å². The third kappa shape index (κ3) is 4.76. The monoisotopic (exact) mass is 482 g/mol. The van der Waals surface area contributed by atoms with E-state index in [2.05, 4.69) is 59.0 Å². The van der Waals surface area contributed by atoms with E-state index < -0.39 is 13.9 Å². The molecule has 3 aliphatic rings. The third-order valence-electron chi connectivity index (χ3n) is 9.42. The molecular weight excluding hydrogens is 436 g/mol. The lowest BCUT2D eigenvalue weighted by Crippen LogP contribution is -2.44. The molecular formula is C30H46O3Si. The molecule has 188 valence electrons. The molecule has 0 aromatic heterocycles. The fourth-order valence-corrected chi connectivity index (χ4v) is 7.65. The van der Waals surface area contributed by atoms with Gasteiger partial charge in [-0.15, -0.1) is 0 Å². The summed E-state index contributed by atoms with van der Waals surface area (Å²) in [5, 5.41) is 0.203. The Morgan fingerprint density at radius 1 is 1.06 bits per heavy atom. The molecule has 0 aliphatic heterocycles. The van der Waals surface area contributed by atoms with Gasteiger partial charge in [0, 0.05) is 6.08 Å². The zero-order valence-corrected chi connectivity index (χ0v) is 24.0. The first-order chi connectivity index (χ1) is 15.6. The van der Waals surface area contributed by atoms with Crippen molar-refractivity contribution in [2.45, 2.75) is 117 Å². The molecule has 2 fully saturated rings. The Morgan fingerprint density at radius 2 is 1.76 bits per heavy atom. The predicted molar refractivity (Wildman–Crippen MR) is 143 cm³/mol. The Bertz CT molecular complexity index is 978. The maximum Gasteiger partial charge on any atom is 0.331 e. The van der Waals surface area contributed by atoms with Crippen molar-refractivity contribution in [1.29, 1.82) is 0 Å². The van der Waals surface area contributed by atoms with Crippen LogP contribution in [0.2, 0.25) is 18.1 Å². The van der Waals surface area contributed by atoms with Crippen LogP contribution in [0.4, 0.5) is 0 Å². The van der Waals surface area contributed by atoms with E-state index in [9.17, 15) is 4.79 Å². The van der Waals surface area contributed by atoms with Gasteiger partial charge in [-0.2, -0.15) is 0 Å². The molecule has 3 nitrogen and oxygen atoms in total. The Morgan fingerprint density at radius 3 is 2.41 bits per heavy atom. The molecule has 0 saturated heterocycles. The smallest absolute Gasteiger partial charge is 0.331 e. The van der Waals surface area contributed by atoms with Crippen LogP contribution in [0, 0.1) is 17.3 Å². The molecule has 4 atom stereocenters. The summed E-state index contributed by atoms with van der Waals surface area (Å²) in [6.45, 7) is 19.8. The van der Waals surface area contributed by atoms with Crippen molar-refractivity contribution in [1.82, 2.24) is 0 Å². The van der Waals surface area contributed by atoms with Gasteiger partial charge in [0.05, 0.1) is 0 Å². The summed E-state index contributed by atoms with van der Waals surface area (Å²) in [5.74, 6) is 2.91. The van der Waals surface area contributed by atoms with E-state index >= 15 is 0 Å². The zero-order chi connectivity index (χ0) is 25.1. The van der Waals surface area contributed by atoms with E-state index in [1.165, 1.54) is 30.4 Å². The number of aryl methyl sites for hydroxylation is 1. The van der Waals surface area contributed by atoms with Gasteiger partial charge in [-0.3, -0.25) is 0 Å². The van der Waals surface area contributed by atoms with Crippen LogP contribution in [0.5, 0.6) is 5.75 Å². The molecule has 2 saturated carbocycles. The number of benzene rings is 1. The molecule has 0 N–H and O–H groups in total. The van der Waals surface area contributed by atoms with E-state index in [1.54, 1.807) is 5.56 Å². The largest absolute Gasteiger partial charge is 0.543 e. The fourth-order valence-electron chi connectivity index (χ4n) is 6.63. The maximum atomic E-state index is 12.6. The van der Waals surface area contributed by atoms with Gasteiger partial charge in [0.25, 0.3) is 0 Å². The number of esters is 1. The summed E-state index contributed by atoms with van der Waals surface area (Å²) in [7, 11) is -1.83. The summed E-state index contributed by atoms with van der Waals surface area (Å²) in [5.41, 5.74) is 4.09. The van der Waals surface area contributed by atoms with Crippen molar-refractivity contribution >= 4 is 14.3 Å². The molecule has 0 radical (unpaired) electrons. The molecule has 4 rings (SSSR count). The van der Waals surface area contributed by atoms with Gasteiger partial charge < -0.3 is 9.16 Å². The second kappa shape index (κ2) is 8.53. The second-order valence-electron chi connectivity index (χ2n) is 13.8. The molecule has 0 bridgehead atoms. The SMILES string of the molecule is CC(C)(C)OC(=O)/C=C1/CC[C@H]2[C@@H]3CCc4cc(O[Si](C)(C)C(C)(C)C)ccc4[C@H]3CC[C@]12C. The van der Waals surface area contributed by atoms with Gasteiger partial charge in [-0.05, 0) is 124 Å². The Hall–Kier alpha value is -1.55. The number of rotatable bonds is 3. The summed E-state index contributed by atoms with van der Waals surface area (Å²) < 4.78 is 12.2. The van der Waals surface area contributed by atoms with Crippen molar-refractivity contribution in [2.24, 2.45) is 17.3 Å². The summed E-state index contributed by atoms with van der Waals surface area (Å²) in [6.07, 6.45) is 8.84. The molecule has 1 aromatic rings. The molecule has 0 heterocycles. The molecule has 0 amide bonds. The standard InChI is InChI=1S/C30H46O3Si/c1-28(2,3)32-27(31)19-21-11-15-26-25-13-10-20-18-22(33-34(8,9)29(4,5)6)12-14-23(20)24(25)16-17-30(21,26)7/h12,14,18-19,24-26H,10-11,13,15-17H2,1-9H3/b21-19-/t24-,25-,26+,30-/m1/s1. The van der Waals surface area contributed by atoms with E-state index in [0.717, 1.165) is 25.0 Å². The quantitative estimate of drug-likeness (QED) is 0.247. The number of fused-ring (bicyclic) bond motifs is 5. The average Bonchev–Trinajstić information content (AvgIpc) is 3.01. The third-order valence-corrected chi connectivity index (χ3v) is 13.8. The first-order valence-corrected chi connectivity index (χ1v) is 16.3. The highest BCUT2D eigenvalue weighted by Crippen LogP contribution is 2.63. The van der Waals surface area contributed by atoms with Gasteiger partial charge in [-0.1, -0.05) is 39.3 Å². The van der Waals surface area contributed by atoms with Crippen molar-refractivity contribution in [3.05, 3.63) is 41.0 Å². The molecule has 0 spiro atoms. The van der Waals surface area contributed by atoms with Crippen molar-refractivity contribution in [2.75, 3.05) is 0 Å². The number of hydrogen-bond acceptors (Lipinski definition) is 3. The van der Waals surface area contributed by atoms with Gasteiger partial charge in [0.1, 0.15) is 11.4 Å². The summed E-state index contributed by atoms with van der Waals surface area (Å²) in [4.78, 5) is 12.6. The highest BCUT2D eigenvalue weighted by molar-refractivity contribution is 6.74. The number of allylic oxidation sites excluding steroid dienone is 1. The zero-order valence-electron chi connectivity index (χ0n) is 23.0. The minimum Gasteiger partial charge on any atom is -0.543 e. The minimum atomic E-state index is -1.83. The lowest BCUT2D eigenvalue weighted by atomic mass is 9.55. The number of carbonyl (C=O) groups excluding carboxylic acids is 1. The van der Waals surface area contributed by atoms with Gasteiger partial charge in [0.15, 0.2) is 0 Å². The highest BCUT2D eigenvalue weighted by atomic mass is 28.4. The Kier molecular flexibility index (Phi) is 6.41. The minimum absolute atomic E-state index is 0.140. The van der Waals surface area contributed by atoms with Crippen LogP contribution in [0.25, 0.3) is 0 Å². The van der Waals surface area contributed by atoms with E-state index in [4.69, 9.17) is 9.16 Å². The molecule has 34 heavy (non-hydrogen) atoms. The Balaban J connectivity index is 1.53. The molecule has 1 aromatic carbocycles. The Labute approximate surface area is 208 Å². The van der Waals surface area contributed by atoms with Crippen molar-refractivity contribution in [3.8, 4) is 5.75 Å². The lowest BCUT2D eigenvalue weighted by molar-refractivity contribution is -0.148. The number of carbonyl (C=O) groups is 1. The highest BCUT2D eigenvalue weighted by Gasteiger charge is 2.52.